The van der Waals surface area contributed by atoms with Crippen LogP contribution >= 0.6 is 11.6 Å². The number of rotatable bonds is 3. The van der Waals surface area contributed by atoms with Crippen LogP contribution in [0.25, 0.3) is 0 Å². The number of piperidine rings is 1. The molecule has 1 aliphatic rings. The predicted octanol–water partition coefficient (Wildman–Crippen LogP) is 2.91. The maximum atomic E-state index is 6.28. The number of hydrogen-bond acceptors (Lipinski definition) is 3. The van der Waals surface area contributed by atoms with E-state index >= 15 is 0 Å². The maximum Gasteiger partial charge on any atom is 0.0786 e. The number of benzene rings is 1. The number of hydrogen-bond donors (Lipinski definition) is 1. The molecule has 2 rings (SSSR count). The van der Waals surface area contributed by atoms with Gasteiger partial charge >= 0.3 is 0 Å². The van der Waals surface area contributed by atoms with Crippen molar-refractivity contribution in [2.45, 2.75) is 18.9 Å². The summed E-state index contributed by atoms with van der Waals surface area (Å²) in [6, 6.07) is 6.61. The van der Waals surface area contributed by atoms with E-state index in [1.807, 2.05) is 26.2 Å². The van der Waals surface area contributed by atoms with Gasteiger partial charge in [-0.25, -0.2) is 0 Å². The van der Waals surface area contributed by atoms with Crippen LogP contribution in [0.4, 0.5) is 11.4 Å². The maximum absolute atomic E-state index is 6.28. The SMILES string of the molecule is CN1CCC(Nc2cccc(Cl)c2N(C)C)CC1. The summed E-state index contributed by atoms with van der Waals surface area (Å²) in [6.45, 7) is 2.32. The molecule has 0 aliphatic carbocycles. The fraction of sp³-hybridized carbons (Fsp3) is 0.571. The van der Waals surface area contributed by atoms with Gasteiger partial charge < -0.3 is 15.1 Å². The van der Waals surface area contributed by atoms with Crippen molar-refractivity contribution in [3.63, 3.8) is 0 Å². The smallest absolute Gasteiger partial charge is 0.0786 e. The number of para-hydroxylation sites is 1. The third-order valence-electron chi connectivity index (χ3n) is 3.51. The van der Waals surface area contributed by atoms with E-state index in [0.717, 1.165) is 29.5 Å². The lowest BCUT2D eigenvalue weighted by Crippen LogP contribution is -2.37. The molecule has 0 atom stereocenters. The molecule has 3 nitrogen and oxygen atoms in total. The van der Waals surface area contributed by atoms with Crippen LogP contribution in [0.3, 0.4) is 0 Å². The molecule has 0 spiro atoms. The van der Waals surface area contributed by atoms with Gasteiger partial charge in [0.2, 0.25) is 0 Å². The first-order valence-electron chi connectivity index (χ1n) is 6.49. The molecule has 0 unspecified atom stereocenters. The quantitative estimate of drug-likeness (QED) is 0.909. The summed E-state index contributed by atoms with van der Waals surface area (Å²) in [7, 11) is 6.24. The standard InChI is InChI=1S/C14H22ClN3/c1-17(2)14-12(15)5-4-6-13(14)16-11-7-9-18(3)10-8-11/h4-6,11,16H,7-10H2,1-3H3. The van der Waals surface area contributed by atoms with Crippen LogP contribution in [0.1, 0.15) is 12.8 Å². The van der Waals surface area contributed by atoms with Crippen LogP contribution in [-0.4, -0.2) is 45.2 Å². The van der Waals surface area contributed by atoms with Crippen molar-refractivity contribution in [1.29, 1.82) is 0 Å². The van der Waals surface area contributed by atoms with Gasteiger partial charge in [0, 0.05) is 20.1 Å². The largest absolute Gasteiger partial charge is 0.380 e. The second-order valence-electron chi connectivity index (χ2n) is 5.25. The average molecular weight is 268 g/mol. The minimum absolute atomic E-state index is 0.554. The average Bonchev–Trinajstić information content (AvgIpc) is 2.32. The number of nitrogens with zero attached hydrogens (tertiary/aromatic N) is 2. The number of anilines is 2. The lowest BCUT2D eigenvalue weighted by atomic mass is 10.0. The van der Waals surface area contributed by atoms with Crippen LogP contribution in [-0.2, 0) is 0 Å². The normalized spacial score (nSPS) is 17.8. The van der Waals surface area contributed by atoms with E-state index in [-0.39, 0.29) is 0 Å². The van der Waals surface area contributed by atoms with Crippen LogP contribution in [0.15, 0.2) is 18.2 Å². The molecule has 1 aromatic rings. The predicted molar refractivity (Wildman–Crippen MR) is 79.9 cm³/mol. The molecule has 0 aromatic heterocycles. The second-order valence-corrected chi connectivity index (χ2v) is 5.66. The van der Waals surface area contributed by atoms with Gasteiger partial charge in [-0.15, -0.1) is 0 Å². The fourth-order valence-corrected chi connectivity index (χ4v) is 2.80. The van der Waals surface area contributed by atoms with Crippen molar-refractivity contribution in [3.8, 4) is 0 Å². The molecule has 0 saturated carbocycles. The molecule has 1 aromatic carbocycles. The third kappa shape index (κ3) is 3.09. The molecule has 1 heterocycles. The van der Waals surface area contributed by atoms with Crippen molar-refractivity contribution < 1.29 is 0 Å². The lowest BCUT2D eigenvalue weighted by Gasteiger charge is -2.31. The van der Waals surface area contributed by atoms with Crippen LogP contribution < -0.4 is 10.2 Å². The van der Waals surface area contributed by atoms with Gasteiger partial charge in [0.25, 0.3) is 0 Å². The zero-order chi connectivity index (χ0) is 13.1. The number of likely N-dealkylation sites (tertiary alicyclic amines) is 1. The van der Waals surface area contributed by atoms with E-state index in [4.69, 9.17) is 11.6 Å². The summed E-state index contributed by atoms with van der Waals surface area (Å²) in [5.41, 5.74) is 2.22. The van der Waals surface area contributed by atoms with Gasteiger partial charge in [-0.2, -0.15) is 0 Å². The first-order chi connectivity index (χ1) is 8.58. The monoisotopic (exact) mass is 267 g/mol. The Balaban J connectivity index is 2.11. The van der Waals surface area contributed by atoms with Gasteiger partial charge in [0.05, 0.1) is 16.4 Å². The molecule has 1 aliphatic heterocycles. The van der Waals surface area contributed by atoms with Gasteiger partial charge in [-0.1, -0.05) is 17.7 Å². The number of halogens is 1. The summed E-state index contributed by atoms with van der Waals surface area (Å²) in [6.07, 6.45) is 2.38. The van der Waals surface area contributed by atoms with Crippen molar-refractivity contribution in [1.82, 2.24) is 4.90 Å². The highest BCUT2D eigenvalue weighted by atomic mass is 35.5. The second kappa shape index (κ2) is 5.81. The molecular formula is C14H22ClN3. The molecule has 0 radical (unpaired) electrons. The van der Waals surface area contributed by atoms with E-state index in [1.165, 1.54) is 12.8 Å². The van der Waals surface area contributed by atoms with Crippen LogP contribution in [0.2, 0.25) is 5.02 Å². The summed E-state index contributed by atoms with van der Waals surface area (Å²) in [5.74, 6) is 0. The van der Waals surface area contributed by atoms with Crippen molar-refractivity contribution >= 4 is 23.0 Å². The first-order valence-corrected chi connectivity index (χ1v) is 6.86. The van der Waals surface area contributed by atoms with E-state index in [0.29, 0.717) is 6.04 Å². The molecule has 0 amide bonds. The Hall–Kier alpha value is -0.930. The molecule has 0 bridgehead atoms. The summed E-state index contributed by atoms with van der Waals surface area (Å²) in [4.78, 5) is 4.45. The zero-order valence-electron chi connectivity index (χ0n) is 11.4. The summed E-state index contributed by atoms with van der Waals surface area (Å²) in [5, 5.41) is 4.44. The van der Waals surface area contributed by atoms with E-state index in [1.54, 1.807) is 0 Å². The molecule has 1 N–H and O–H groups in total. The number of nitrogens with one attached hydrogen (secondary N) is 1. The lowest BCUT2D eigenvalue weighted by molar-refractivity contribution is 0.264. The molecule has 4 heteroatoms. The fourth-order valence-electron chi connectivity index (χ4n) is 2.46. The Morgan fingerprint density at radius 3 is 2.56 bits per heavy atom. The topological polar surface area (TPSA) is 18.5 Å². The Morgan fingerprint density at radius 1 is 1.28 bits per heavy atom. The highest BCUT2D eigenvalue weighted by Crippen LogP contribution is 2.33. The van der Waals surface area contributed by atoms with Gasteiger partial charge in [-0.3, -0.25) is 0 Å². The minimum Gasteiger partial charge on any atom is -0.380 e. The zero-order valence-corrected chi connectivity index (χ0v) is 12.2. The summed E-state index contributed by atoms with van der Waals surface area (Å²) < 4.78 is 0. The Bertz CT molecular complexity index is 398. The highest BCUT2D eigenvalue weighted by molar-refractivity contribution is 6.34. The van der Waals surface area contributed by atoms with Crippen molar-refractivity contribution in [2.75, 3.05) is 44.4 Å². The molecule has 1 saturated heterocycles. The van der Waals surface area contributed by atoms with E-state index in [2.05, 4.69) is 28.2 Å². The molecular weight excluding hydrogens is 246 g/mol. The summed E-state index contributed by atoms with van der Waals surface area (Å²) >= 11 is 6.28. The first kappa shape index (κ1) is 13.5. The molecule has 100 valence electrons. The highest BCUT2D eigenvalue weighted by Gasteiger charge is 2.18. The van der Waals surface area contributed by atoms with Crippen LogP contribution in [0, 0.1) is 0 Å². The molecule has 1 fully saturated rings. The van der Waals surface area contributed by atoms with Crippen molar-refractivity contribution in [2.24, 2.45) is 0 Å². The van der Waals surface area contributed by atoms with E-state index < -0.39 is 0 Å². The van der Waals surface area contributed by atoms with Crippen LogP contribution in [0.5, 0.6) is 0 Å². The Morgan fingerprint density at radius 2 is 1.94 bits per heavy atom. The van der Waals surface area contributed by atoms with E-state index in [9.17, 15) is 0 Å². The Kier molecular flexibility index (Phi) is 4.36. The van der Waals surface area contributed by atoms with Gasteiger partial charge in [0.15, 0.2) is 0 Å². The Labute approximate surface area is 115 Å². The van der Waals surface area contributed by atoms with Crippen molar-refractivity contribution in [3.05, 3.63) is 23.2 Å². The minimum atomic E-state index is 0.554. The molecule has 18 heavy (non-hydrogen) atoms. The third-order valence-corrected chi connectivity index (χ3v) is 3.82. The van der Waals surface area contributed by atoms with Gasteiger partial charge in [-0.05, 0) is 45.1 Å². The van der Waals surface area contributed by atoms with Gasteiger partial charge in [0.1, 0.15) is 0 Å².